The summed E-state index contributed by atoms with van der Waals surface area (Å²) in [4.78, 5) is 23.7. The molecule has 5 heteroatoms. The second-order valence-corrected chi connectivity index (χ2v) is 6.47. The van der Waals surface area contributed by atoms with E-state index in [2.05, 4.69) is 5.32 Å². The van der Waals surface area contributed by atoms with Gasteiger partial charge in [-0.25, -0.2) is 4.79 Å². The van der Waals surface area contributed by atoms with Gasteiger partial charge in [0.2, 0.25) is 5.91 Å². The third-order valence-corrected chi connectivity index (χ3v) is 4.54. The summed E-state index contributed by atoms with van der Waals surface area (Å²) in [6.45, 7) is 1.99. The van der Waals surface area contributed by atoms with Crippen LogP contribution in [0.5, 0.6) is 5.75 Å². The van der Waals surface area contributed by atoms with Crippen LogP contribution in [0.3, 0.4) is 0 Å². The van der Waals surface area contributed by atoms with Crippen molar-refractivity contribution in [3.8, 4) is 5.75 Å². The maximum Gasteiger partial charge on any atom is 0.329 e. The molecular weight excluding hydrogens is 294 g/mol. The maximum absolute atomic E-state index is 12.3. The third-order valence-electron chi connectivity index (χ3n) is 4.54. The Morgan fingerprint density at radius 3 is 2.57 bits per heavy atom. The standard InChI is InChI=1S/C18H25NO4/c1-13(11-14-7-3-4-8-15(14)23-2)12-16(20)19-18(17(21)22)9-5-6-10-18/h3-4,7-8,13H,5-6,9-12H2,1-2H3,(H,19,20)(H,21,22). The number of aliphatic carboxylic acids is 1. The van der Waals surface area contributed by atoms with Gasteiger partial charge >= 0.3 is 5.97 Å². The third kappa shape index (κ3) is 4.24. The molecule has 1 aliphatic rings. The molecule has 1 atom stereocenters. The van der Waals surface area contributed by atoms with E-state index in [0.717, 1.165) is 30.6 Å². The summed E-state index contributed by atoms with van der Waals surface area (Å²) >= 11 is 0. The van der Waals surface area contributed by atoms with Crippen LogP contribution in [0, 0.1) is 5.92 Å². The lowest BCUT2D eigenvalue weighted by Gasteiger charge is -2.26. The molecule has 1 saturated carbocycles. The zero-order chi connectivity index (χ0) is 16.9. The van der Waals surface area contributed by atoms with E-state index in [-0.39, 0.29) is 11.8 Å². The summed E-state index contributed by atoms with van der Waals surface area (Å²) in [5.74, 6) is -0.173. The number of carboxylic acid groups (broad SMARTS) is 1. The van der Waals surface area contributed by atoms with Crippen molar-refractivity contribution in [1.29, 1.82) is 0 Å². The Morgan fingerprint density at radius 1 is 1.30 bits per heavy atom. The van der Waals surface area contributed by atoms with Crippen molar-refractivity contribution in [1.82, 2.24) is 5.32 Å². The van der Waals surface area contributed by atoms with Gasteiger partial charge in [-0.1, -0.05) is 38.0 Å². The smallest absolute Gasteiger partial charge is 0.329 e. The van der Waals surface area contributed by atoms with E-state index in [1.807, 2.05) is 31.2 Å². The van der Waals surface area contributed by atoms with Crippen molar-refractivity contribution >= 4 is 11.9 Å². The first-order chi connectivity index (χ1) is 11.0. The highest BCUT2D eigenvalue weighted by Gasteiger charge is 2.42. The molecule has 0 heterocycles. The molecule has 1 aromatic rings. The summed E-state index contributed by atoms with van der Waals surface area (Å²) in [6, 6.07) is 7.75. The van der Waals surface area contributed by atoms with E-state index in [1.165, 1.54) is 0 Å². The largest absolute Gasteiger partial charge is 0.496 e. The number of nitrogens with one attached hydrogen (secondary N) is 1. The van der Waals surface area contributed by atoms with Crippen LogP contribution in [0.2, 0.25) is 0 Å². The van der Waals surface area contributed by atoms with Gasteiger partial charge in [-0.2, -0.15) is 0 Å². The van der Waals surface area contributed by atoms with E-state index in [1.54, 1.807) is 7.11 Å². The van der Waals surface area contributed by atoms with Gasteiger partial charge in [-0.15, -0.1) is 0 Å². The fourth-order valence-corrected chi connectivity index (χ4v) is 3.32. The van der Waals surface area contributed by atoms with Crippen LogP contribution >= 0.6 is 0 Å². The molecule has 0 aliphatic heterocycles. The lowest BCUT2D eigenvalue weighted by molar-refractivity contribution is -0.147. The molecule has 1 unspecified atom stereocenters. The van der Waals surface area contributed by atoms with Crippen LogP contribution in [0.1, 0.15) is 44.6 Å². The number of ether oxygens (including phenoxy) is 1. The van der Waals surface area contributed by atoms with Gasteiger partial charge in [0.15, 0.2) is 0 Å². The first kappa shape index (κ1) is 17.3. The van der Waals surface area contributed by atoms with E-state index in [9.17, 15) is 14.7 Å². The normalized spacial score (nSPS) is 17.5. The Kier molecular flexibility index (Phi) is 5.64. The number of carbonyl (C=O) groups is 2. The van der Waals surface area contributed by atoms with E-state index in [4.69, 9.17) is 4.74 Å². The fourth-order valence-electron chi connectivity index (χ4n) is 3.32. The Bertz CT molecular complexity index is 564. The van der Waals surface area contributed by atoms with Gasteiger partial charge in [0, 0.05) is 6.42 Å². The van der Waals surface area contributed by atoms with Crippen LogP contribution in [-0.2, 0) is 16.0 Å². The second-order valence-electron chi connectivity index (χ2n) is 6.47. The summed E-state index contributed by atoms with van der Waals surface area (Å²) in [6.07, 6.45) is 3.78. The van der Waals surface area contributed by atoms with Gasteiger partial charge in [0.1, 0.15) is 11.3 Å². The Labute approximate surface area is 137 Å². The molecule has 2 rings (SSSR count). The van der Waals surface area contributed by atoms with Crippen LogP contribution in [0.15, 0.2) is 24.3 Å². The number of para-hydroxylation sites is 1. The SMILES string of the molecule is COc1ccccc1CC(C)CC(=O)NC1(C(=O)O)CCCC1. The predicted octanol–water partition coefficient (Wildman–Crippen LogP) is 2.78. The van der Waals surface area contributed by atoms with Crippen molar-refractivity contribution in [3.05, 3.63) is 29.8 Å². The molecular formula is C18H25NO4. The first-order valence-electron chi connectivity index (χ1n) is 8.13. The van der Waals surface area contributed by atoms with Gasteiger partial charge in [-0.05, 0) is 36.8 Å². The number of carboxylic acids is 1. The molecule has 0 bridgehead atoms. The lowest BCUT2D eigenvalue weighted by atomic mass is 9.94. The van der Waals surface area contributed by atoms with Crippen molar-refractivity contribution in [2.45, 2.75) is 51.0 Å². The number of hydrogen-bond acceptors (Lipinski definition) is 3. The number of hydrogen-bond donors (Lipinski definition) is 2. The maximum atomic E-state index is 12.3. The summed E-state index contributed by atoms with van der Waals surface area (Å²) in [7, 11) is 1.63. The Balaban J connectivity index is 1.93. The number of benzene rings is 1. The number of methoxy groups -OCH3 is 1. The Morgan fingerprint density at radius 2 is 1.96 bits per heavy atom. The molecule has 126 valence electrons. The molecule has 0 saturated heterocycles. The zero-order valence-electron chi connectivity index (χ0n) is 13.8. The highest BCUT2D eigenvalue weighted by Crippen LogP contribution is 2.30. The molecule has 1 fully saturated rings. The van der Waals surface area contributed by atoms with Crippen molar-refractivity contribution in [3.63, 3.8) is 0 Å². The monoisotopic (exact) mass is 319 g/mol. The minimum absolute atomic E-state index is 0.110. The lowest BCUT2D eigenvalue weighted by Crippen LogP contribution is -2.52. The summed E-state index contributed by atoms with van der Waals surface area (Å²) in [5.41, 5.74) is 0.00504. The number of carbonyl (C=O) groups excluding carboxylic acids is 1. The van der Waals surface area contributed by atoms with Crippen LogP contribution in [0.25, 0.3) is 0 Å². The van der Waals surface area contributed by atoms with Crippen molar-refractivity contribution in [2.24, 2.45) is 5.92 Å². The van der Waals surface area contributed by atoms with E-state index in [0.29, 0.717) is 19.3 Å². The second kappa shape index (κ2) is 7.49. The van der Waals surface area contributed by atoms with Gasteiger partial charge in [-0.3, -0.25) is 4.79 Å². The summed E-state index contributed by atoms with van der Waals surface area (Å²) < 4.78 is 5.33. The molecule has 5 nitrogen and oxygen atoms in total. The highest BCUT2D eigenvalue weighted by atomic mass is 16.5. The molecule has 0 aromatic heterocycles. The summed E-state index contributed by atoms with van der Waals surface area (Å²) in [5, 5.41) is 12.2. The minimum Gasteiger partial charge on any atom is -0.496 e. The average molecular weight is 319 g/mol. The molecule has 1 aromatic carbocycles. The van der Waals surface area contributed by atoms with Crippen LogP contribution in [-0.4, -0.2) is 29.6 Å². The molecule has 2 N–H and O–H groups in total. The fraction of sp³-hybridized carbons (Fsp3) is 0.556. The Hall–Kier alpha value is -2.04. The molecule has 1 aliphatic carbocycles. The van der Waals surface area contributed by atoms with Crippen LogP contribution in [0.4, 0.5) is 0 Å². The zero-order valence-corrected chi connectivity index (χ0v) is 13.8. The number of rotatable bonds is 7. The molecule has 0 radical (unpaired) electrons. The van der Waals surface area contributed by atoms with Gasteiger partial charge in [0.05, 0.1) is 7.11 Å². The average Bonchev–Trinajstić information content (AvgIpc) is 2.97. The minimum atomic E-state index is -1.05. The highest BCUT2D eigenvalue weighted by molar-refractivity contribution is 5.87. The van der Waals surface area contributed by atoms with E-state index < -0.39 is 11.5 Å². The molecule has 23 heavy (non-hydrogen) atoms. The predicted molar refractivity (Wildman–Crippen MR) is 87.5 cm³/mol. The first-order valence-corrected chi connectivity index (χ1v) is 8.13. The van der Waals surface area contributed by atoms with E-state index >= 15 is 0 Å². The van der Waals surface area contributed by atoms with Gasteiger partial charge < -0.3 is 15.2 Å². The quantitative estimate of drug-likeness (QED) is 0.810. The van der Waals surface area contributed by atoms with Gasteiger partial charge in [0.25, 0.3) is 0 Å². The van der Waals surface area contributed by atoms with Crippen LogP contribution < -0.4 is 10.1 Å². The molecule has 0 spiro atoms. The topological polar surface area (TPSA) is 75.6 Å². The van der Waals surface area contributed by atoms with Crippen molar-refractivity contribution < 1.29 is 19.4 Å². The molecule has 1 amide bonds. The van der Waals surface area contributed by atoms with Crippen molar-refractivity contribution in [2.75, 3.05) is 7.11 Å². The number of amides is 1.